The summed E-state index contributed by atoms with van der Waals surface area (Å²) in [6, 6.07) is 0. The van der Waals surface area contributed by atoms with E-state index in [0.717, 1.165) is 25.7 Å². The second-order valence-corrected chi connectivity index (χ2v) is 27.0. The van der Waals surface area contributed by atoms with Crippen LogP contribution in [0.4, 0.5) is 0 Å². The molecular weight excluding hydrogens is 1040 g/mol. The molecule has 8 rings (SSSR count). The third-order valence-corrected chi connectivity index (χ3v) is 21.9. The van der Waals surface area contributed by atoms with Gasteiger partial charge < -0.3 is 110 Å². The van der Waals surface area contributed by atoms with Crippen LogP contribution in [0.25, 0.3) is 0 Å². The van der Waals surface area contributed by atoms with E-state index in [2.05, 4.69) is 47.6 Å². The Balaban J connectivity index is 0.987. The van der Waals surface area contributed by atoms with Gasteiger partial charge in [0.1, 0.15) is 67.1 Å². The van der Waals surface area contributed by atoms with Crippen LogP contribution in [0.15, 0.2) is 11.6 Å². The molecule has 0 bridgehead atoms. The van der Waals surface area contributed by atoms with Gasteiger partial charge in [-0.15, -0.1) is 0 Å². The molecule has 3 unspecified atom stereocenters. The molecule has 8 aliphatic rings. The van der Waals surface area contributed by atoms with Crippen LogP contribution in [0, 0.1) is 57.2 Å². The van der Waals surface area contributed by atoms with Crippen molar-refractivity contribution in [3.63, 3.8) is 0 Å². The summed E-state index contributed by atoms with van der Waals surface area (Å²) in [7, 11) is 0. The summed E-state index contributed by atoms with van der Waals surface area (Å²) in [5.41, 5.74) is -1.70. The van der Waals surface area contributed by atoms with Crippen molar-refractivity contribution in [1.29, 1.82) is 0 Å². The van der Waals surface area contributed by atoms with Crippen molar-refractivity contribution in [3.05, 3.63) is 11.6 Å². The molecule has 79 heavy (non-hydrogen) atoms. The fourth-order valence-corrected chi connectivity index (χ4v) is 16.6. The molecule has 458 valence electrons. The minimum absolute atomic E-state index is 0.0564. The molecule has 0 amide bonds. The lowest BCUT2D eigenvalue weighted by atomic mass is 9.38. The van der Waals surface area contributed by atoms with Crippen LogP contribution in [-0.4, -0.2) is 237 Å². The van der Waals surface area contributed by atoms with Gasteiger partial charge in [-0.05, 0) is 113 Å². The number of rotatable bonds is 18. The third kappa shape index (κ3) is 11.5. The van der Waals surface area contributed by atoms with Gasteiger partial charge in [0, 0.05) is 29.3 Å². The summed E-state index contributed by atoms with van der Waals surface area (Å²) in [4.78, 5) is 0. The van der Waals surface area contributed by atoms with Crippen LogP contribution in [-0.2, 0) is 33.2 Å². The van der Waals surface area contributed by atoms with E-state index in [1.165, 1.54) is 5.57 Å². The zero-order valence-electron chi connectivity index (χ0n) is 47.6. The molecule has 7 fully saturated rings. The van der Waals surface area contributed by atoms with E-state index in [9.17, 15) is 76.6 Å². The fraction of sp³-hybridized carbons (Fsp3) is 0.965. The van der Waals surface area contributed by atoms with Gasteiger partial charge in [-0.1, -0.05) is 60.1 Å². The number of aliphatic hydroxyl groups is 15. The van der Waals surface area contributed by atoms with Crippen molar-refractivity contribution < 1.29 is 110 Å². The lowest BCUT2D eigenvalue weighted by molar-refractivity contribution is -0.337. The molecule has 0 radical (unpaired) electrons. The molecule has 4 aliphatic heterocycles. The van der Waals surface area contributed by atoms with E-state index in [-0.39, 0.29) is 59.9 Å². The Morgan fingerprint density at radius 3 is 1.89 bits per heavy atom. The lowest BCUT2D eigenvalue weighted by Crippen LogP contribution is -2.65. The average Bonchev–Trinajstić information content (AvgIpc) is 3.83. The highest BCUT2D eigenvalue weighted by Crippen LogP contribution is 2.75. The summed E-state index contributed by atoms with van der Waals surface area (Å²) in [5.74, 6) is -1.36. The van der Waals surface area contributed by atoms with Gasteiger partial charge in [0.15, 0.2) is 18.9 Å². The van der Waals surface area contributed by atoms with Crippen molar-refractivity contribution in [2.45, 2.75) is 261 Å². The number of allylic oxidation sites excluding steroid dienone is 1. The predicted octanol–water partition coefficient (Wildman–Crippen LogP) is -0.903. The van der Waals surface area contributed by atoms with Gasteiger partial charge in [0.05, 0.1) is 68.1 Å². The molecule has 4 aliphatic carbocycles. The van der Waals surface area contributed by atoms with E-state index in [4.69, 9.17) is 33.2 Å². The topological polar surface area (TPSA) is 368 Å². The smallest absolute Gasteiger partial charge is 0.186 e. The van der Waals surface area contributed by atoms with Crippen molar-refractivity contribution in [1.82, 2.24) is 0 Å². The largest absolute Gasteiger partial charge is 0.396 e. The number of aliphatic hydroxyl groups excluding tert-OH is 14. The zero-order chi connectivity index (χ0) is 58.2. The Labute approximate surface area is 464 Å². The van der Waals surface area contributed by atoms with Crippen LogP contribution in [0.5, 0.6) is 0 Å². The Kier molecular flexibility index (Phi) is 19.7. The number of fused-ring (bicyclic) bond motifs is 5. The minimum atomic E-state index is -1.75. The van der Waals surface area contributed by atoms with E-state index in [0.29, 0.717) is 19.3 Å². The number of hydrogen-bond donors (Lipinski definition) is 15. The molecule has 3 saturated carbocycles. The SMILES string of the molecule is C[C@@H]1[C@@H](O)[C@H](O[C@H]2CCC3C(=CCC4[C@@]3(C)[C@H](O)C[C@]3(C)C([C@H](C)CC[C@@H](O[C@@H]5O[C@H](CO[C@@H]6O[C@H](CCO)[C@@H](O)[C@H](O)[C@H]6O)[C@@H](O)[C@H](O)[C@H]5C[C@H]5O[C@@H](CO)[C@H](O)[C@@H](O)[C@@H]5O)C(C)(C)O)CC[C@@]43C)C2(C)C)O[C@H](CO)[C@H]1O. The highest BCUT2D eigenvalue weighted by Gasteiger charge is 2.70. The van der Waals surface area contributed by atoms with Crippen molar-refractivity contribution in [2.75, 3.05) is 26.4 Å². The second kappa shape index (κ2) is 24.3. The Morgan fingerprint density at radius 1 is 0.646 bits per heavy atom. The highest BCUT2D eigenvalue weighted by molar-refractivity contribution is 5.32. The summed E-state index contributed by atoms with van der Waals surface area (Å²) >= 11 is 0. The maximum Gasteiger partial charge on any atom is 0.186 e. The van der Waals surface area contributed by atoms with Crippen LogP contribution in [0.2, 0.25) is 0 Å². The first-order chi connectivity index (χ1) is 36.9. The lowest BCUT2D eigenvalue weighted by Gasteiger charge is -2.67. The number of hydrogen-bond acceptors (Lipinski definition) is 22. The molecular formula is C57H98O22. The van der Waals surface area contributed by atoms with Gasteiger partial charge in [-0.2, -0.15) is 0 Å². The van der Waals surface area contributed by atoms with Crippen molar-refractivity contribution in [3.8, 4) is 0 Å². The first kappa shape index (κ1) is 63.9. The molecule has 15 N–H and O–H groups in total. The van der Waals surface area contributed by atoms with Crippen molar-refractivity contribution >= 4 is 0 Å². The Morgan fingerprint density at radius 2 is 1.24 bits per heavy atom. The molecule has 22 heteroatoms. The third-order valence-electron chi connectivity index (χ3n) is 21.9. The van der Waals surface area contributed by atoms with E-state index in [1.54, 1.807) is 20.8 Å². The predicted molar refractivity (Wildman–Crippen MR) is 279 cm³/mol. The van der Waals surface area contributed by atoms with Crippen molar-refractivity contribution in [2.24, 2.45) is 57.2 Å². The molecule has 22 nitrogen and oxygen atoms in total. The maximum absolute atomic E-state index is 12.7. The first-order valence-electron chi connectivity index (χ1n) is 29.2. The summed E-state index contributed by atoms with van der Waals surface area (Å²) in [6.07, 6.45) is -20.2. The maximum atomic E-state index is 12.7. The van der Waals surface area contributed by atoms with Crippen LogP contribution in [0.3, 0.4) is 0 Å². The van der Waals surface area contributed by atoms with E-state index >= 15 is 0 Å². The monoisotopic (exact) mass is 1130 g/mol. The average molecular weight is 1140 g/mol. The van der Waals surface area contributed by atoms with Crippen LogP contribution in [0.1, 0.15) is 127 Å². The molecule has 0 aromatic heterocycles. The second-order valence-electron chi connectivity index (χ2n) is 27.0. The highest BCUT2D eigenvalue weighted by atomic mass is 16.7. The summed E-state index contributed by atoms with van der Waals surface area (Å²) in [6.45, 7) is 16.3. The van der Waals surface area contributed by atoms with Gasteiger partial charge in [-0.25, -0.2) is 0 Å². The van der Waals surface area contributed by atoms with Crippen LogP contribution >= 0.6 is 0 Å². The fourth-order valence-electron chi connectivity index (χ4n) is 16.6. The summed E-state index contributed by atoms with van der Waals surface area (Å²) < 4.78 is 43.0. The van der Waals surface area contributed by atoms with Crippen LogP contribution < -0.4 is 0 Å². The van der Waals surface area contributed by atoms with E-state index in [1.807, 2.05) is 0 Å². The molecule has 0 aromatic rings. The Hall–Kier alpha value is -1.14. The molecule has 0 spiro atoms. The quantitative estimate of drug-likeness (QED) is 0.0739. The van der Waals surface area contributed by atoms with Gasteiger partial charge in [0.25, 0.3) is 0 Å². The standard InChI is InChI=1S/C57H98O22/c1-25(28-16-18-55(7)36-13-11-29-30(57(36,9)37(61)21-56(28,55)8)12-15-38(53(29,3)4)78-52-41(63)26(2)40(62)33(22-59)76-52)10-14-39(54(5,6)72)79-50-27(20-32-44(66)47(69)45(67)34(23-60)74-32)42(64)46(68)35(77-50)24-73-51-49(71)48(70)43(65)31(75-51)17-19-58/h11,25-28,30-52,58-72H,10,12-24H2,1-9H3/t25-,26+,27-,28?,30?,31-,32-,33-,34+,35-,36?,37-,38+,39-,40+,41-,42-,43-,44-,45+,46-,47+,48+,49-,50+,51-,52+,55+,56-,57+/m1/s1. The Bertz CT molecular complexity index is 2040. The molecule has 30 atom stereocenters. The normalized spacial score (nSPS) is 50.9. The minimum Gasteiger partial charge on any atom is -0.396 e. The van der Waals surface area contributed by atoms with E-state index < -0.39 is 177 Å². The zero-order valence-corrected chi connectivity index (χ0v) is 47.6. The summed E-state index contributed by atoms with van der Waals surface area (Å²) in [5, 5.41) is 163. The van der Waals surface area contributed by atoms with Gasteiger partial charge in [0.2, 0.25) is 0 Å². The molecule has 4 heterocycles. The first-order valence-corrected chi connectivity index (χ1v) is 29.2. The van der Waals surface area contributed by atoms with Gasteiger partial charge >= 0.3 is 0 Å². The number of ether oxygens (including phenoxy) is 7. The molecule has 0 aromatic carbocycles. The molecule has 4 saturated heterocycles. The van der Waals surface area contributed by atoms with Gasteiger partial charge in [-0.3, -0.25) is 0 Å².